The molecule has 0 amide bonds. The highest BCUT2D eigenvalue weighted by molar-refractivity contribution is 4.83. The monoisotopic (exact) mass is 152 g/mol. The zero-order chi connectivity index (χ0) is 7.68. The minimum atomic E-state index is 1.05. The van der Waals surface area contributed by atoms with Gasteiger partial charge in [0, 0.05) is 19.6 Å². The third-order valence-electron chi connectivity index (χ3n) is 2.74. The van der Waals surface area contributed by atoms with Crippen molar-refractivity contribution in [1.29, 1.82) is 0 Å². The lowest BCUT2D eigenvalue weighted by Crippen LogP contribution is -2.24. The predicted octanol–water partition coefficient (Wildman–Crippen LogP) is 2.29. The molecule has 0 bridgehead atoms. The maximum Gasteiger partial charge on any atom is 0.0220 e. The first-order valence-corrected chi connectivity index (χ1v) is 4.92. The molecule has 63 valence electrons. The Morgan fingerprint density at radius 3 is 1.82 bits per heavy atom. The molecular weight excluding hydrogens is 134 g/mol. The molecule has 1 nitrogen and oxygen atoms in total. The third kappa shape index (κ3) is 2.48. The van der Waals surface area contributed by atoms with Gasteiger partial charge < -0.3 is 0 Å². The molecule has 0 spiro atoms. The first kappa shape index (κ1) is 7.60. The largest absolute Gasteiger partial charge is 0.299 e. The van der Waals surface area contributed by atoms with Gasteiger partial charge in [-0.25, -0.2) is 0 Å². The fourth-order valence-electron chi connectivity index (χ4n) is 1.55. The lowest BCUT2D eigenvalue weighted by atomic mass is 10.3. The van der Waals surface area contributed by atoms with Crippen molar-refractivity contribution >= 4 is 0 Å². The van der Waals surface area contributed by atoms with Crippen molar-refractivity contribution in [2.45, 2.75) is 32.6 Å². The molecule has 11 heavy (non-hydrogen) atoms. The van der Waals surface area contributed by atoms with E-state index in [9.17, 15) is 0 Å². The molecule has 2 saturated carbocycles. The SMILES string of the molecule is C[CH]N(CC1CC1)CC1CC1. The average molecular weight is 152 g/mol. The van der Waals surface area contributed by atoms with Crippen LogP contribution in [0.4, 0.5) is 0 Å². The zero-order valence-electron chi connectivity index (χ0n) is 7.42. The van der Waals surface area contributed by atoms with E-state index >= 15 is 0 Å². The number of nitrogens with zero attached hydrogens (tertiary/aromatic N) is 1. The Hall–Kier alpha value is -0.0400. The molecule has 2 rings (SSSR count). The summed E-state index contributed by atoms with van der Waals surface area (Å²) in [4.78, 5) is 2.52. The van der Waals surface area contributed by atoms with Crippen LogP contribution in [-0.2, 0) is 0 Å². The Kier molecular flexibility index (Phi) is 2.17. The molecule has 0 aliphatic heterocycles. The molecule has 0 unspecified atom stereocenters. The van der Waals surface area contributed by atoms with Gasteiger partial charge in [-0.3, -0.25) is 4.90 Å². The Bertz CT molecular complexity index is 111. The van der Waals surface area contributed by atoms with Gasteiger partial charge in [-0.1, -0.05) is 0 Å². The van der Waals surface area contributed by atoms with Gasteiger partial charge in [-0.05, 0) is 44.4 Å². The van der Waals surface area contributed by atoms with Gasteiger partial charge in [0.2, 0.25) is 0 Å². The van der Waals surface area contributed by atoms with Gasteiger partial charge in [0.25, 0.3) is 0 Å². The van der Waals surface area contributed by atoms with Crippen molar-refractivity contribution in [2.24, 2.45) is 11.8 Å². The fourth-order valence-corrected chi connectivity index (χ4v) is 1.55. The Morgan fingerprint density at radius 1 is 1.09 bits per heavy atom. The van der Waals surface area contributed by atoms with E-state index in [1.807, 2.05) is 0 Å². The highest BCUT2D eigenvalue weighted by atomic mass is 15.1. The molecule has 2 fully saturated rings. The molecule has 2 aliphatic rings. The second-order valence-corrected chi connectivity index (χ2v) is 4.10. The zero-order valence-corrected chi connectivity index (χ0v) is 7.42. The minimum Gasteiger partial charge on any atom is -0.299 e. The van der Waals surface area contributed by atoms with Gasteiger partial charge in [-0.15, -0.1) is 0 Å². The second kappa shape index (κ2) is 3.14. The molecule has 0 N–H and O–H groups in total. The van der Waals surface area contributed by atoms with E-state index in [0.29, 0.717) is 0 Å². The summed E-state index contributed by atoms with van der Waals surface area (Å²) in [5.41, 5.74) is 0. The number of hydrogen-bond acceptors (Lipinski definition) is 1. The van der Waals surface area contributed by atoms with E-state index in [0.717, 1.165) is 11.8 Å². The van der Waals surface area contributed by atoms with Crippen molar-refractivity contribution in [1.82, 2.24) is 4.90 Å². The lowest BCUT2D eigenvalue weighted by Gasteiger charge is -2.18. The van der Waals surface area contributed by atoms with Crippen LogP contribution in [0.2, 0.25) is 0 Å². The third-order valence-corrected chi connectivity index (χ3v) is 2.74. The standard InChI is InChI=1S/C10H18N/c1-2-11(7-9-3-4-9)8-10-5-6-10/h2,9-10H,3-8H2,1H3. The van der Waals surface area contributed by atoms with Gasteiger partial charge in [0.15, 0.2) is 0 Å². The number of hydrogen-bond donors (Lipinski definition) is 0. The van der Waals surface area contributed by atoms with Crippen molar-refractivity contribution in [3.8, 4) is 0 Å². The maximum atomic E-state index is 2.52. The average Bonchev–Trinajstić information content (AvgIpc) is 2.78. The molecule has 0 saturated heterocycles. The van der Waals surface area contributed by atoms with Crippen molar-refractivity contribution in [3.05, 3.63) is 6.54 Å². The first-order valence-electron chi connectivity index (χ1n) is 4.92. The Labute approximate surface area is 69.8 Å². The molecule has 0 aromatic carbocycles. The fraction of sp³-hybridized carbons (Fsp3) is 0.900. The van der Waals surface area contributed by atoms with Crippen LogP contribution in [0.25, 0.3) is 0 Å². The van der Waals surface area contributed by atoms with Crippen LogP contribution >= 0.6 is 0 Å². The smallest absolute Gasteiger partial charge is 0.0220 e. The van der Waals surface area contributed by atoms with Crippen LogP contribution in [0.1, 0.15) is 32.6 Å². The molecule has 1 radical (unpaired) electrons. The van der Waals surface area contributed by atoms with Crippen LogP contribution in [0.3, 0.4) is 0 Å². The van der Waals surface area contributed by atoms with Crippen molar-refractivity contribution in [2.75, 3.05) is 13.1 Å². The summed E-state index contributed by atoms with van der Waals surface area (Å²) in [5, 5.41) is 0. The summed E-state index contributed by atoms with van der Waals surface area (Å²) in [5.74, 6) is 2.09. The molecule has 0 aromatic rings. The second-order valence-electron chi connectivity index (χ2n) is 4.10. The Balaban J connectivity index is 1.65. The van der Waals surface area contributed by atoms with Crippen LogP contribution in [0.15, 0.2) is 0 Å². The van der Waals surface area contributed by atoms with Gasteiger partial charge in [-0.2, -0.15) is 0 Å². The summed E-state index contributed by atoms with van der Waals surface area (Å²) in [7, 11) is 0. The molecule has 1 heteroatoms. The van der Waals surface area contributed by atoms with Crippen LogP contribution < -0.4 is 0 Å². The summed E-state index contributed by atoms with van der Waals surface area (Å²) in [6, 6.07) is 0. The topological polar surface area (TPSA) is 3.24 Å². The summed E-state index contributed by atoms with van der Waals surface area (Å²) in [6.45, 7) is 7.13. The highest BCUT2D eigenvalue weighted by Gasteiger charge is 2.28. The summed E-state index contributed by atoms with van der Waals surface area (Å²) >= 11 is 0. The normalized spacial score (nSPS) is 24.5. The first-order chi connectivity index (χ1) is 5.38. The summed E-state index contributed by atoms with van der Waals surface area (Å²) in [6.07, 6.45) is 5.92. The van der Waals surface area contributed by atoms with Gasteiger partial charge in [0.05, 0.1) is 0 Å². The van der Waals surface area contributed by atoms with E-state index in [1.54, 1.807) is 0 Å². The van der Waals surface area contributed by atoms with E-state index < -0.39 is 0 Å². The molecule has 0 heterocycles. The van der Waals surface area contributed by atoms with E-state index in [2.05, 4.69) is 18.4 Å². The molecule has 0 atom stereocenters. The van der Waals surface area contributed by atoms with Crippen molar-refractivity contribution < 1.29 is 0 Å². The predicted molar refractivity (Wildman–Crippen MR) is 47.0 cm³/mol. The maximum absolute atomic E-state index is 2.52. The molecule has 0 aromatic heterocycles. The quantitative estimate of drug-likeness (QED) is 0.584. The Morgan fingerprint density at radius 2 is 1.55 bits per heavy atom. The highest BCUT2D eigenvalue weighted by Crippen LogP contribution is 2.33. The van der Waals surface area contributed by atoms with Crippen molar-refractivity contribution in [3.63, 3.8) is 0 Å². The van der Waals surface area contributed by atoms with Crippen LogP contribution in [0.5, 0.6) is 0 Å². The molecular formula is C10H18N. The van der Waals surface area contributed by atoms with E-state index in [-0.39, 0.29) is 0 Å². The van der Waals surface area contributed by atoms with Crippen LogP contribution in [-0.4, -0.2) is 18.0 Å². The van der Waals surface area contributed by atoms with Gasteiger partial charge >= 0.3 is 0 Å². The minimum absolute atomic E-state index is 1.05. The van der Waals surface area contributed by atoms with E-state index in [4.69, 9.17) is 0 Å². The number of rotatable bonds is 5. The summed E-state index contributed by atoms with van der Waals surface area (Å²) < 4.78 is 0. The van der Waals surface area contributed by atoms with Gasteiger partial charge in [0.1, 0.15) is 0 Å². The molecule has 2 aliphatic carbocycles. The van der Waals surface area contributed by atoms with E-state index in [1.165, 1.54) is 38.8 Å². The van der Waals surface area contributed by atoms with Crippen LogP contribution in [0, 0.1) is 18.4 Å². The lowest BCUT2D eigenvalue weighted by molar-refractivity contribution is 0.310.